The van der Waals surface area contributed by atoms with Crippen LogP contribution >= 0.6 is 0 Å². The van der Waals surface area contributed by atoms with E-state index in [0.717, 1.165) is 43.7 Å². The van der Waals surface area contributed by atoms with Crippen molar-refractivity contribution in [1.29, 1.82) is 0 Å². The Labute approximate surface area is 158 Å². The van der Waals surface area contributed by atoms with Crippen molar-refractivity contribution in [1.82, 2.24) is 19.4 Å². The molecule has 140 valence electrons. The summed E-state index contributed by atoms with van der Waals surface area (Å²) in [5.41, 5.74) is 1.66. The number of nitrogens with zero attached hydrogens (tertiary/aromatic N) is 4. The number of hydrogen-bond donors (Lipinski definition) is 0. The number of aryl methyl sites for hydroxylation is 1. The third-order valence-electron chi connectivity index (χ3n) is 5.13. The minimum absolute atomic E-state index is 0.126. The second-order valence-electron chi connectivity index (χ2n) is 7.17. The highest BCUT2D eigenvalue weighted by atomic mass is 16.4. The zero-order valence-electron chi connectivity index (χ0n) is 15.5. The molecule has 1 aliphatic rings. The molecule has 1 saturated heterocycles. The minimum Gasteiger partial charge on any atom is -0.441 e. The summed E-state index contributed by atoms with van der Waals surface area (Å²) in [6.45, 7) is 4.40. The molecule has 3 heterocycles. The summed E-state index contributed by atoms with van der Waals surface area (Å²) in [5.74, 6) is 1.89. The Hall–Kier alpha value is -2.89. The zero-order valence-corrected chi connectivity index (χ0v) is 15.5. The molecule has 0 radical (unpaired) electrons. The lowest BCUT2D eigenvalue weighted by Gasteiger charge is -2.33. The number of benzene rings is 1. The first-order valence-electron chi connectivity index (χ1n) is 9.44. The minimum atomic E-state index is 0.126. The Kier molecular flexibility index (Phi) is 5.05. The Balaban J connectivity index is 1.40. The molecular weight excluding hydrogens is 340 g/mol. The summed E-state index contributed by atoms with van der Waals surface area (Å²) in [4.78, 5) is 23.5. The van der Waals surface area contributed by atoms with Crippen LogP contribution in [0.25, 0.3) is 11.5 Å². The van der Waals surface area contributed by atoms with Crippen LogP contribution in [0, 0.1) is 12.8 Å². The van der Waals surface area contributed by atoms with Crippen LogP contribution in [0.4, 0.5) is 0 Å². The third-order valence-corrected chi connectivity index (χ3v) is 5.13. The fourth-order valence-electron chi connectivity index (χ4n) is 3.68. The summed E-state index contributed by atoms with van der Waals surface area (Å²) < 4.78 is 7.88. The van der Waals surface area contributed by atoms with Gasteiger partial charge in [0.2, 0.25) is 11.8 Å². The maximum Gasteiger partial charge on any atom is 0.228 e. The van der Waals surface area contributed by atoms with Crippen LogP contribution in [0.3, 0.4) is 0 Å². The molecule has 27 heavy (non-hydrogen) atoms. The molecule has 1 amide bonds. The van der Waals surface area contributed by atoms with Gasteiger partial charge in [-0.05, 0) is 37.8 Å². The molecule has 2 aromatic heterocycles. The highest BCUT2D eigenvalue weighted by Crippen LogP contribution is 2.23. The Morgan fingerprint density at radius 3 is 2.93 bits per heavy atom. The van der Waals surface area contributed by atoms with Gasteiger partial charge in [-0.3, -0.25) is 4.79 Å². The van der Waals surface area contributed by atoms with Crippen LogP contribution in [0.5, 0.6) is 0 Å². The first kappa shape index (κ1) is 17.5. The largest absolute Gasteiger partial charge is 0.441 e. The Morgan fingerprint density at radius 2 is 2.15 bits per heavy atom. The lowest BCUT2D eigenvalue weighted by Crippen LogP contribution is -2.41. The summed E-state index contributed by atoms with van der Waals surface area (Å²) in [6.07, 6.45) is 8.08. The predicted octanol–water partition coefficient (Wildman–Crippen LogP) is 3.33. The summed E-state index contributed by atoms with van der Waals surface area (Å²) in [7, 11) is 0. The lowest BCUT2D eigenvalue weighted by molar-refractivity contribution is -0.132. The topological polar surface area (TPSA) is 64.2 Å². The molecule has 3 aromatic rings. The number of rotatable bonds is 5. The highest BCUT2D eigenvalue weighted by molar-refractivity contribution is 5.78. The second kappa shape index (κ2) is 7.78. The van der Waals surface area contributed by atoms with Gasteiger partial charge in [0.15, 0.2) is 0 Å². The zero-order chi connectivity index (χ0) is 18.6. The van der Waals surface area contributed by atoms with Gasteiger partial charge < -0.3 is 13.9 Å². The van der Waals surface area contributed by atoms with Gasteiger partial charge in [0.1, 0.15) is 5.76 Å². The molecule has 0 bridgehead atoms. The van der Waals surface area contributed by atoms with Crippen molar-refractivity contribution in [2.75, 3.05) is 13.1 Å². The van der Waals surface area contributed by atoms with Gasteiger partial charge in [0, 0.05) is 37.6 Å². The molecule has 0 N–H and O–H groups in total. The van der Waals surface area contributed by atoms with Crippen LogP contribution in [0.15, 0.2) is 53.5 Å². The van der Waals surface area contributed by atoms with E-state index in [9.17, 15) is 4.79 Å². The molecule has 1 atom stereocenters. The van der Waals surface area contributed by atoms with E-state index in [1.807, 2.05) is 54.7 Å². The number of likely N-dealkylation sites (tertiary alicyclic amines) is 1. The van der Waals surface area contributed by atoms with Crippen LogP contribution < -0.4 is 0 Å². The van der Waals surface area contributed by atoms with Gasteiger partial charge >= 0.3 is 0 Å². The molecule has 0 spiro atoms. The quantitative estimate of drug-likeness (QED) is 0.697. The highest BCUT2D eigenvalue weighted by Gasteiger charge is 2.25. The number of carbonyl (C=O) groups excluding carboxylic acids is 1. The number of carbonyl (C=O) groups is 1. The molecule has 4 rings (SSSR count). The van der Waals surface area contributed by atoms with Crippen molar-refractivity contribution >= 4 is 5.91 Å². The standard InChI is InChI=1S/C21H24N4O2/c1-16-19(23-21(27-16)18-7-3-2-4-8-18)12-20(26)25-10-5-6-17(14-25)13-24-11-9-22-15-24/h2-4,7-9,11,15,17H,5-6,10,12-14H2,1H3. The molecule has 0 saturated carbocycles. The molecule has 1 aliphatic heterocycles. The number of imidazole rings is 1. The van der Waals surface area contributed by atoms with Gasteiger partial charge in [0.25, 0.3) is 0 Å². The summed E-state index contributed by atoms with van der Waals surface area (Å²) in [5, 5.41) is 0. The number of hydrogen-bond acceptors (Lipinski definition) is 4. The van der Waals surface area contributed by atoms with E-state index in [1.165, 1.54) is 0 Å². The van der Waals surface area contributed by atoms with Gasteiger partial charge in [-0.15, -0.1) is 0 Å². The maximum atomic E-state index is 12.8. The van der Waals surface area contributed by atoms with Crippen molar-refractivity contribution in [3.8, 4) is 11.5 Å². The van der Waals surface area contributed by atoms with E-state index in [1.54, 1.807) is 6.20 Å². The van der Waals surface area contributed by atoms with Crippen molar-refractivity contribution in [3.63, 3.8) is 0 Å². The van der Waals surface area contributed by atoms with Crippen molar-refractivity contribution in [2.24, 2.45) is 5.92 Å². The van der Waals surface area contributed by atoms with E-state index in [0.29, 0.717) is 24.0 Å². The second-order valence-corrected chi connectivity index (χ2v) is 7.17. The normalized spacial score (nSPS) is 17.2. The molecule has 1 unspecified atom stereocenters. The van der Waals surface area contributed by atoms with E-state index in [2.05, 4.69) is 14.5 Å². The van der Waals surface area contributed by atoms with Gasteiger partial charge in [-0.25, -0.2) is 9.97 Å². The SMILES string of the molecule is Cc1oc(-c2ccccc2)nc1CC(=O)N1CCCC(Cn2ccnc2)C1. The van der Waals surface area contributed by atoms with Gasteiger partial charge in [0.05, 0.1) is 18.4 Å². The van der Waals surface area contributed by atoms with Crippen LogP contribution in [-0.4, -0.2) is 38.4 Å². The van der Waals surface area contributed by atoms with Crippen LogP contribution in [-0.2, 0) is 17.8 Å². The Morgan fingerprint density at radius 1 is 1.30 bits per heavy atom. The van der Waals surface area contributed by atoms with Crippen molar-refractivity contribution in [3.05, 3.63) is 60.5 Å². The maximum absolute atomic E-state index is 12.8. The first-order chi connectivity index (χ1) is 13.2. The number of oxazole rings is 1. The number of piperidine rings is 1. The third kappa shape index (κ3) is 4.10. The fourth-order valence-corrected chi connectivity index (χ4v) is 3.68. The summed E-state index contributed by atoms with van der Waals surface area (Å²) >= 11 is 0. The average molecular weight is 364 g/mol. The van der Waals surface area contributed by atoms with E-state index in [-0.39, 0.29) is 5.91 Å². The predicted molar refractivity (Wildman–Crippen MR) is 102 cm³/mol. The number of aromatic nitrogens is 3. The molecule has 6 nitrogen and oxygen atoms in total. The van der Waals surface area contributed by atoms with E-state index < -0.39 is 0 Å². The van der Waals surface area contributed by atoms with Crippen LogP contribution in [0.2, 0.25) is 0 Å². The summed E-state index contributed by atoms with van der Waals surface area (Å²) in [6, 6.07) is 9.78. The fraction of sp³-hybridized carbons (Fsp3) is 0.381. The van der Waals surface area contributed by atoms with Gasteiger partial charge in [-0.1, -0.05) is 18.2 Å². The van der Waals surface area contributed by atoms with Crippen molar-refractivity contribution < 1.29 is 9.21 Å². The first-order valence-corrected chi connectivity index (χ1v) is 9.44. The van der Waals surface area contributed by atoms with Crippen LogP contribution in [0.1, 0.15) is 24.3 Å². The average Bonchev–Trinajstić information content (AvgIpc) is 3.33. The van der Waals surface area contributed by atoms with Gasteiger partial charge in [-0.2, -0.15) is 0 Å². The lowest BCUT2D eigenvalue weighted by atomic mass is 9.97. The smallest absolute Gasteiger partial charge is 0.228 e. The van der Waals surface area contributed by atoms with Crippen molar-refractivity contribution in [2.45, 2.75) is 32.7 Å². The monoisotopic (exact) mass is 364 g/mol. The molecular formula is C21H24N4O2. The van der Waals surface area contributed by atoms with E-state index >= 15 is 0 Å². The van der Waals surface area contributed by atoms with E-state index in [4.69, 9.17) is 4.42 Å². The molecule has 1 fully saturated rings. The Bertz CT molecular complexity index is 886. The molecule has 1 aromatic carbocycles. The molecule has 0 aliphatic carbocycles. The number of amides is 1. The molecule has 6 heteroatoms.